The Kier molecular flexibility index (Phi) is 4.50. The van der Waals surface area contributed by atoms with Crippen LogP contribution in [0.15, 0.2) is 35.5 Å². The van der Waals surface area contributed by atoms with Gasteiger partial charge in [0.05, 0.1) is 17.3 Å². The lowest BCUT2D eigenvalue weighted by Crippen LogP contribution is -2.53. The molecule has 0 radical (unpaired) electrons. The van der Waals surface area contributed by atoms with Crippen LogP contribution in [0.3, 0.4) is 0 Å². The summed E-state index contributed by atoms with van der Waals surface area (Å²) in [5.41, 5.74) is -0.136. The summed E-state index contributed by atoms with van der Waals surface area (Å²) in [5, 5.41) is 2.56. The molecule has 0 bridgehead atoms. The maximum Gasteiger partial charge on any atom is 0.252 e. The number of sulfonamides is 1. The minimum atomic E-state index is -4.03. The number of fused-ring (bicyclic) bond motifs is 1. The Balaban J connectivity index is 2.02. The summed E-state index contributed by atoms with van der Waals surface area (Å²) in [6, 6.07) is 2.22. The standard InChI is InChI=1S/C14H10Cl2N4O4S/c1-20-12(14(22)19-11-6-17-5-10(16)18-11)13(21)8-4-7(15)2-3-9(8)25(20,23)24/h2-6,12H,1H3,(H,18,19,22). The van der Waals surface area contributed by atoms with Gasteiger partial charge in [0.25, 0.3) is 5.91 Å². The van der Waals surface area contributed by atoms with Gasteiger partial charge in [0, 0.05) is 17.6 Å². The van der Waals surface area contributed by atoms with E-state index >= 15 is 0 Å². The predicted molar refractivity (Wildman–Crippen MR) is 90.2 cm³/mol. The van der Waals surface area contributed by atoms with Gasteiger partial charge in [0.1, 0.15) is 5.15 Å². The van der Waals surface area contributed by atoms with E-state index in [9.17, 15) is 18.0 Å². The minimum absolute atomic E-state index is 0.00649. The zero-order valence-electron chi connectivity index (χ0n) is 12.6. The van der Waals surface area contributed by atoms with Gasteiger partial charge in [0.15, 0.2) is 17.6 Å². The van der Waals surface area contributed by atoms with Crippen LogP contribution >= 0.6 is 23.2 Å². The lowest BCUT2D eigenvalue weighted by molar-refractivity contribution is -0.118. The number of rotatable bonds is 2. The van der Waals surface area contributed by atoms with Crippen molar-refractivity contribution in [1.82, 2.24) is 14.3 Å². The third-order valence-electron chi connectivity index (χ3n) is 3.58. The first-order chi connectivity index (χ1) is 11.7. The fraction of sp³-hybridized carbons (Fsp3) is 0.143. The minimum Gasteiger partial charge on any atom is -0.308 e. The van der Waals surface area contributed by atoms with Gasteiger partial charge in [0.2, 0.25) is 10.0 Å². The zero-order valence-corrected chi connectivity index (χ0v) is 14.9. The average molecular weight is 401 g/mol. The summed E-state index contributed by atoms with van der Waals surface area (Å²) in [4.78, 5) is 32.6. The van der Waals surface area contributed by atoms with E-state index in [-0.39, 0.29) is 26.5 Å². The highest BCUT2D eigenvalue weighted by Crippen LogP contribution is 2.31. The Labute approximate surface area is 152 Å². The molecule has 1 aromatic heterocycles. The first-order valence-corrected chi connectivity index (χ1v) is 9.01. The third kappa shape index (κ3) is 3.11. The van der Waals surface area contributed by atoms with Crippen LogP contribution in [-0.4, -0.2) is 47.5 Å². The number of hydrogen-bond donors (Lipinski definition) is 1. The molecular weight excluding hydrogens is 391 g/mol. The maximum absolute atomic E-state index is 12.7. The predicted octanol–water partition coefficient (Wildman–Crippen LogP) is 1.61. The van der Waals surface area contributed by atoms with Crippen LogP contribution in [0, 0.1) is 0 Å². The Morgan fingerprint density at radius 3 is 2.68 bits per heavy atom. The van der Waals surface area contributed by atoms with E-state index in [1.807, 2.05) is 0 Å². The first kappa shape index (κ1) is 17.7. The molecule has 1 atom stereocenters. The molecule has 1 aliphatic rings. The van der Waals surface area contributed by atoms with Crippen molar-refractivity contribution in [3.63, 3.8) is 0 Å². The Bertz CT molecular complexity index is 996. The fourth-order valence-electron chi connectivity index (χ4n) is 2.41. The van der Waals surface area contributed by atoms with Crippen LogP contribution in [0.2, 0.25) is 10.2 Å². The van der Waals surface area contributed by atoms with Gasteiger partial charge in [-0.05, 0) is 18.2 Å². The largest absolute Gasteiger partial charge is 0.308 e. The molecule has 1 aromatic carbocycles. The molecule has 3 rings (SSSR count). The van der Waals surface area contributed by atoms with Crippen molar-refractivity contribution in [2.45, 2.75) is 10.9 Å². The van der Waals surface area contributed by atoms with Gasteiger partial charge in [-0.15, -0.1) is 0 Å². The van der Waals surface area contributed by atoms with E-state index in [0.29, 0.717) is 4.31 Å². The number of Topliss-reactive ketones (excluding diaryl/α,β-unsaturated/α-hetero) is 1. The molecule has 25 heavy (non-hydrogen) atoms. The molecule has 0 fully saturated rings. The second kappa shape index (κ2) is 6.34. The first-order valence-electron chi connectivity index (χ1n) is 6.82. The van der Waals surface area contributed by atoms with Gasteiger partial charge >= 0.3 is 0 Å². The van der Waals surface area contributed by atoms with Crippen molar-refractivity contribution in [3.05, 3.63) is 46.3 Å². The second-order valence-corrected chi connectivity index (χ2v) is 7.93. The molecule has 1 N–H and O–H groups in total. The highest BCUT2D eigenvalue weighted by atomic mass is 35.5. The molecule has 11 heteroatoms. The molecule has 2 heterocycles. The molecule has 0 aliphatic carbocycles. The number of ketones is 1. The maximum atomic E-state index is 12.7. The van der Waals surface area contributed by atoms with Gasteiger partial charge in [-0.2, -0.15) is 4.31 Å². The Hall–Kier alpha value is -2.07. The van der Waals surface area contributed by atoms with E-state index in [1.54, 1.807) is 0 Å². The van der Waals surface area contributed by atoms with Gasteiger partial charge < -0.3 is 5.32 Å². The number of likely N-dealkylation sites (N-methyl/N-ethyl adjacent to an activating group) is 1. The highest BCUT2D eigenvalue weighted by Gasteiger charge is 2.45. The smallest absolute Gasteiger partial charge is 0.252 e. The molecule has 1 aliphatic heterocycles. The van der Waals surface area contributed by atoms with E-state index in [4.69, 9.17) is 23.2 Å². The molecule has 2 aromatic rings. The molecule has 1 unspecified atom stereocenters. The van der Waals surface area contributed by atoms with Crippen molar-refractivity contribution in [2.75, 3.05) is 12.4 Å². The zero-order chi connectivity index (χ0) is 18.4. The summed E-state index contributed by atoms with van der Waals surface area (Å²) in [5.74, 6) is -1.58. The van der Waals surface area contributed by atoms with Crippen LogP contribution < -0.4 is 5.32 Å². The number of hydrogen-bond acceptors (Lipinski definition) is 6. The van der Waals surface area contributed by atoms with Crippen molar-refractivity contribution < 1.29 is 18.0 Å². The number of carbonyl (C=O) groups excluding carboxylic acids is 2. The van der Waals surface area contributed by atoms with Crippen LogP contribution in [0.1, 0.15) is 10.4 Å². The third-order valence-corrected chi connectivity index (χ3v) is 5.88. The number of amides is 1. The van der Waals surface area contributed by atoms with Crippen molar-refractivity contribution in [1.29, 1.82) is 0 Å². The number of nitrogens with zero attached hydrogens (tertiary/aromatic N) is 3. The lowest BCUT2D eigenvalue weighted by atomic mass is 10.0. The Morgan fingerprint density at radius 2 is 2.00 bits per heavy atom. The lowest BCUT2D eigenvalue weighted by Gasteiger charge is -2.30. The summed E-state index contributed by atoms with van der Waals surface area (Å²) < 4.78 is 25.9. The molecule has 1 amide bonds. The van der Waals surface area contributed by atoms with Crippen molar-refractivity contribution in [3.8, 4) is 0 Å². The summed E-state index contributed by atoms with van der Waals surface area (Å²) in [6.07, 6.45) is 2.48. The fourth-order valence-corrected chi connectivity index (χ4v) is 4.18. The number of anilines is 1. The van der Waals surface area contributed by atoms with Crippen molar-refractivity contribution in [2.24, 2.45) is 0 Å². The van der Waals surface area contributed by atoms with E-state index in [0.717, 1.165) is 7.05 Å². The van der Waals surface area contributed by atoms with Gasteiger partial charge in [-0.25, -0.2) is 13.4 Å². The number of nitrogens with one attached hydrogen (secondary N) is 1. The van der Waals surface area contributed by atoms with Gasteiger partial charge in [-0.1, -0.05) is 23.2 Å². The average Bonchev–Trinajstić information content (AvgIpc) is 2.53. The molecule has 8 nitrogen and oxygen atoms in total. The van der Waals surface area contributed by atoms with Crippen molar-refractivity contribution >= 4 is 50.7 Å². The van der Waals surface area contributed by atoms with E-state index in [2.05, 4.69) is 15.3 Å². The number of carbonyl (C=O) groups is 2. The molecule has 0 spiro atoms. The van der Waals surface area contributed by atoms with Crippen LogP contribution in [-0.2, 0) is 14.8 Å². The summed E-state index contributed by atoms with van der Waals surface area (Å²) >= 11 is 11.5. The summed E-state index contributed by atoms with van der Waals surface area (Å²) in [6.45, 7) is 0. The SMILES string of the molecule is CN1C(C(=O)Nc2cncc(Cl)n2)C(=O)c2cc(Cl)ccc2S1(=O)=O. The Morgan fingerprint density at radius 1 is 1.28 bits per heavy atom. The topological polar surface area (TPSA) is 109 Å². The number of benzene rings is 1. The molecular formula is C14H10Cl2N4O4S. The number of halogens is 2. The highest BCUT2D eigenvalue weighted by molar-refractivity contribution is 7.89. The van der Waals surface area contributed by atoms with Crippen LogP contribution in [0.25, 0.3) is 0 Å². The molecule has 0 saturated carbocycles. The van der Waals surface area contributed by atoms with E-state index in [1.165, 1.54) is 30.6 Å². The molecule has 130 valence electrons. The second-order valence-electron chi connectivity index (χ2n) is 5.14. The molecule has 0 saturated heterocycles. The van der Waals surface area contributed by atoms with Crippen LogP contribution in [0.4, 0.5) is 5.82 Å². The monoisotopic (exact) mass is 400 g/mol. The van der Waals surface area contributed by atoms with Gasteiger partial charge in [-0.3, -0.25) is 14.6 Å². The normalized spacial score (nSPS) is 19.3. The van der Waals surface area contributed by atoms with E-state index < -0.39 is 27.8 Å². The summed E-state index contributed by atoms with van der Waals surface area (Å²) in [7, 11) is -2.88. The quantitative estimate of drug-likeness (QED) is 0.766. The van der Waals surface area contributed by atoms with Crippen LogP contribution in [0.5, 0.6) is 0 Å². The number of aromatic nitrogens is 2.